The lowest BCUT2D eigenvalue weighted by Gasteiger charge is -2.22. The van der Waals surface area contributed by atoms with Crippen molar-refractivity contribution >= 4 is 0 Å². The predicted molar refractivity (Wildman–Crippen MR) is 63.4 cm³/mol. The molecule has 3 nitrogen and oxygen atoms in total. The number of nitrogens with zero attached hydrogens (tertiary/aromatic N) is 2. The summed E-state index contributed by atoms with van der Waals surface area (Å²) in [6.07, 6.45) is 0.917. The summed E-state index contributed by atoms with van der Waals surface area (Å²) in [5, 5.41) is 8.95. The van der Waals surface area contributed by atoms with E-state index in [1.165, 1.54) is 5.56 Å². The topological polar surface area (TPSA) is 53.1 Å². The maximum Gasteiger partial charge on any atom is 0.0669 e. The van der Waals surface area contributed by atoms with Crippen LogP contribution in [0, 0.1) is 17.2 Å². The molecular formula is C13H17N3. The highest BCUT2D eigenvalue weighted by Gasteiger charge is 2.30. The normalized spacial score (nSPS) is 25.5. The van der Waals surface area contributed by atoms with Crippen molar-refractivity contribution in [1.82, 2.24) is 4.90 Å². The molecule has 1 aliphatic heterocycles. The number of nitriles is 1. The van der Waals surface area contributed by atoms with Gasteiger partial charge in [-0.3, -0.25) is 4.90 Å². The summed E-state index contributed by atoms with van der Waals surface area (Å²) in [7, 11) is 0. The fourth-order valence-corrected chi connectivity index (χ4v) is 2.33. The molecule has 0 bridgehead atoms. The highest BCUT2D eigenvalue weighted by molar-refractivity contribution is 5.15. The second kappa shape index (κ2) is 5.11. The van der Waals surface area contributed by atoms with Crippen molar-refractivity contribution in [1.29, 1.82) is 5.26 Å². The first kappa shape index (κ1) is 11.1. The van der Waals surface area contributed by atoms with Crippen molar-refractivity contribution in [2.75, 3.05) is 13.1 Å². The molecule has 3 heteroatoms. The van der Waals surface area contributed by atoms with E-state index in [1.54, 1.807) is 0 Å². The molecule has 0 amide bonds. The molecule has 1 aromatic carbocycles. The Kier molecular flexibility index (Phi) is 3.55. The van der Waals surface area contributed by atoms with Crippen molar-refractivity contribution < 1.29 is 0 Å². The van der Waals surface area contributed by atoms with Gasteiger partial charge in [0, 0.05) is 25.7 Å². The van der Waals surface area contributed by atoms with E-state index in [-0.39, 0.29) is 5.92 Å². The lowest BCUT2D eigenvalue weighted by atomic mass is 10.1. The van der Waals surface area contributed by atoms with Gasteiger partial charge in [-0.15, -0.1) is 0 Å². The maximum absolute atomic E-state index is 8.95. The van der Waals surface area contributed by atoms with Crippen molar-refractivity contribution in [2.45, 2.75) is 19.0 Å². The minimum absolute atomic E-state index is 0.150. The third-order valence-electron chi connectivity index (χ3n) is 3.21. The number of likely N-dealkylation sites (tertiary alicyclic amines) is 1. The van der Waals surface area contributed by atoms with E-state index in [0.717, 1.165) is 19.5 Å². The Morgan fingerprint density at radius 2 is 2.12 bits per heavy atom. The first-order valence-corrected chi connectivity index (χ1v) is 5.71. The molecule has 0 saturated carbocycles. The molecule has 0 unspecified atom stereocenters. The molecule has 0 aromatic heterocycles. The SMILES string of the molecule is N#C[C@@H]1C[C@@H](CN)N(Cc2ccccc2)C1. The quantitative estimate of drug-likeness (QED) is 0.828. The van der Waals surface area contributed by atoms with Crippen molar-refractivity contribution in [3.8, 4) is 6.07 Å². The molecule has 84 valence electrons. The van der Waals surface area contributed by atoms with Gasteiger partial charge in [0.2, 0.25) is 0 Å². The largest absolute Gasteiger partial charge is 0.329 e. The standard InChI is InChI=1S/C13H17N3/c14-7-12-6-13(8-15)16(10-12)9-11-4-2-1-3-5-11/h1-5,12-13H,6,8-10,15H2/t12-,13-/m0/s1. The van der Waals surface area contributed by atoms with E-state index in [0.29, 0.717) is 12.6 Å². The van der Waals surface area contributed by atoms with Crippen molar-refractivity contribution in [2.24, 2.45) is 11.7 Å². The van der Waals surface area contributed by atoms with Crippen LogP contribution in [-0.4, -0.2) is 24.0 Å². The van der Waals surface area contributed by atoms with Gasteiger partial charge in [0.05, 0.1) is 12.0 Å². The third-order valence-corrected chi connectivity index (χ3v) is 3.21. The Bertz CT molecular complexity index is 369. The second-order valence-corrected chi connectivity index (χ2v) is 4.37. The Balaban J connectivity index is 2.02. The lowest BCUT2D eigenvalue weighted by molar-refractivity contribution is 0.248. The fourth-order valence-electron chi connectivity index (χ4n) is 2.33. The van der Waals surface area contributed by atoms with Crippen LogP contribution in [0.3, 0.4) is 0 Å². The van der Waals surface area contributed by atoms with Crippen LogP contribution in [0.4, 0.5) is 0 Å². The van der Waals surface area contributed by atoms with Crippen LogP contribution in [-0.2, 0) is 6.54 Å². The summed E-state index contributed by atoms with van der Waals surface area (Å²) in [4.78, 5) is 2.32. The van der Waals surface area contributed by atoms with E-state index in [2.05, 4.69) is 23.1 Å². The third kappa shape index (κ3) is 2.41. The van der Waals surface area contributed by atoms with Crippen LogP contribution in [0.5, 0.6) is 0 Å². The zero-order chi connectivity index (χ0) is 11.4. The van der Waals surface area contributed by atoms with Gasteiger partial charge in [-0.2, -0.15) is 5.26 Å². The van der Waals surface area contributed by atoms with Crippen LogP contribution >= 0.6 is 0 Å². The lowest BCUT2D eigenvalue weighted by Crippen LogP contribution is -2.34. The summed E-state index contributed by atoms with van der Waals surface area (Å²) < 4.78 is 0. The van der Waals surface area contributed by atoms with E-state index >= 15 is 0 Å². The Morgan fingerprint density at radius 1 is 1.38 bits per heavy atom. The van der Waals surface area contributed by atoms with E-state index in [4.69, 9.17) is 11.0 Å². The smallest absolute Gasteiger partial charge is 0.0669 e. The maximum atomic E-state index is 8.95. The number of benzene rings is 1. The highest BCUT2D eigenvalue weighted by atomic mass is 15.2. The van der Waals surface area contributed by atoms with Crippen LogP contribution < -0.4 is 5.73 Å². The van der Waals surface area contributed by atoms with Gasteiger partial charge in [-0.25, -0.2) is 0 Å². The van der Waals surface area contributed by atoms with Gasteiger partial charge in [0.1, 0.15) is 0 Å². The average Bonchev–Trinajstić information content (AvgIpc) is 2.73. The molecule has 1 fully saturated rings. The zero-order valence-electron chi connectivity index (χ0n) is 9.34. The molecule has 2 N–H and O–H groups in total. The number of nitrogens with two attached hydrogens (primary N) is 1. The molecular weight excluding hydrogens is 198 g/mol. The molecule has 16 heavy (non-hydrogen) atoms. The molecule has 0 spiro atoms. The van der Waals surface area contributed by atoms with Gasteiger partial charge in [-0.05, 0) is 12.0 Å². The molecule has 2 atom stereocenters. The summed E-state index contributed by atoms with van der Waals surface area (Å²) in [5.41, 5.74) is 7.03. The fraction of sp³-hybridized carbons (Fsp3) is 0.462. The van der Waals surface area contributed by atoms with Crippen LogP contribution in [0.15, 0.2) is 30.3 Å². The first-order chi connectivity index (χ1) is 7.83. The van der Waals surface area contributed by atoms with Crippen molar-refractivity contribution in [3.05, 3.63) is 35.9 Å². The Hall–Kier alpha value is -1.37. The first-order valence-electron chi connectivity index (χ1n) is 5.71. The number of rotatable bonds is 3. The zero-order valence-corrected chi connectivity index (χ0v) is 9.34. The van der Waals surface area contributed by atoms with Crippen LogP contribution in [0.1, 0.15) is 12.0 Å². The Morgan fingerprint density at radius 3 is 2.75 bits per heavy atom. The number of hydrogen-bond acceptors (Lipinski definition) is 3. The second-order valence-electron chi connectivity index (χ2n) is 4.37. The Labute approximate surface area is 96.5 Å². The predicted octanol–water partition coefficient (Wildman–Crippen LogP) is 1.36. The van der Waals surface area contributed by atoms with E-state index in [9.17, 15) is 0 Å². The summed E-state index contributed by atoms with van der Waals surface area (Å²) in [6, 6.07) is 13.1. The van der Waals surface area contributed by atoms with Gasteiger partial charge in [-0.1, -0.05) is 30.3 Å². The molecule has 0 aliphatic carbocycles. The van der Waals surface area contributed by atoms with Gasteiger partial charge in [0.25, 0.3) is 0 Å². The minimum Gasteiger partial charge on any atom is -0.329 e. The highest BCUT2D eigenvalue weighted by Crippen LogP contribution is 2.23. The average molecular weight is 215 g/mol. The summed E-state index contributed by atoms with van der Waals surface area (Å²) in [6.45, 7) is 2.40. The van der Waals surface area contributed by atoms with Gasteiger partial charge < -0.3 is 5.73 Å². The number of hydrogen-bond donors (Lipinski definition) is 1. The minimum atomic E-state index is 0.150. The summed E-state index contributed by atoms with van der Waals surface area (Å²) >= 11 is 0. The monoisotopic (exact) mass is 215 g/mol. The van der Waals surface area contributed by atoms with Crippen LogP contribution in [0.2, 0.25) is 0 Å². The van der Waals surface area contributed by atoms with Gasteiger partial charge in [0.15, 0.2) is 0 Å². The molecule has 1 saturated heterocycles. The molecule has 1 aliphatic rings. The molecule has 2 rings (SSSR count). The van der Waals surface area contributed by atoms with E-state index < -0.39 is 0 Å². The van der Waals surface area contributed by atoms with Gasteiger partial charge >= 0.3 is 0 Å². The molecule has 0 radical (unpaired) electrons. The van der Waals surface area contributed by atoms with Crippen molar-refractivity contribution in [3.63, 3.8) is 0 Å². The van der Waals surface area contributed by atoms with Crippen LogP contribution in [0.25, 0.3) is 0 Å². The molecule has 1 heterocycles. The molecule has 1 aromatic rings. The van der Waals surface area contributed by atoms with E-state index in [1.807, 2.05) is 18.2 Å². The summed E-state index contributed by atoms with van der Waals surface area (Å²) in [5.74, 6) is 0.150.